The molecule has 18 heavy (non-hydrogen) atoms. The predicted octanol–water partition coefficient (Wildman–Crippen LogP) is 3.59. The zero-order valence-corrected chi connectivity index (χ0v) is 10.8. The second kappa shape index (κ2) is 5.07. The third kappa shape index (κ3) is 2.29. The maximum atomic E-state index is 9.15. The lowest BCUT2D eigenvalue weighted by atomic mass is 9.98. The minimum absolute atomic E-state index is 0.513. The fourth-order valence-electron chi connectivity index (χ4n) is 1.74. The summed E-state index contributed by atoms with van der Waals surface area (Å²) < 4.78 is 5.11. The SMILES string of the molecule is COc1cc(-c2cc(Cl)ccc2C#N)c(C)cn1. The van der Waals surface area contributed by atoms with Crippen molar-refractivity contribution in [1.29, 1.82) is 5.26 Å². The van der Waals surface area contributed by atoms with Crippen LogP contribution in [0.5, 0.6) is 5.88 Å². The number of pyridine rings is 1. The summed E-state index contributed by atoms with van der Waals surface area (Å²) in [6.45, 7) is 1.93. The van der Waals surface area contributed by atoms with Crippen LogP contribution in [0.3, 0.4) is 0 Å². The van der Waals surface area contributed by atoms with Crippen molar-refractivity contribution in [2.45, 2.75) is 6.92 Å². The number of hydrogen-bond acceptors (Lipinski definition) is 3. The van der Waals surface area contributed by atoms with Crippen LogP contribution in [-0.4, -0.2) is 12.1 Å². The number of ether oxygens (including phenoxy) is 1. The molecule has 3 nitrogen and oxygen atoms in total. The van der Waals surface area contributed by atoms with Crippen LogP contribution in [0, 0.1) is 18.3 Å². The molecular formula is C14H11ClN2O. The van der Waals surface area contributed by atoms with Crippen molar-refractivity contribution in [3.8, 4) is 23.1 Å². The Morgan fingerprint density at radius 2 is 2.06 bits per heavy atom. The molecule has 0 saturated heterocycles. The van der Waals surface area contributed by atoms with Crippen molar-refractivity contribution in [2.75, 3.05) is 7.11 Å². The van der Waals surface area contributed by atoms with Gasteiger partial charge in [0.2, 0.25) is 5.88 Å². The zero-order chi connectivity index (χ0) is 13.1. The quantitative estimate of drug-likeness (QED) is 0.827. The highest BCUT2D eigenvalue weighted by Crippen LogP contribution is 2.30. The Balaban J connectivity index is 2.68. The summed E-state index contributed by atoms with van der Waals surface area (Å²) in [6.07, 6.45) is 1.72. The molecule has 0 amide bonds. The first-order valence-electron chi connectivity index (χ1n) is 5.36. The lowest BCUT2D eigenvalue weighted by Gasteiger charge is -2.09. The van der Waals surface area contributed by atoms with E-state index in [-0.39, 0.29) is 0 Å². The van der Waals surface area contributed by atoms with Crippen LogP contribution in [0.2, 0.25) is 5.02 Å². The van der Waals surface area contributed by atoms with Crippen LogP contribution in [-0.2, 0) is 0 Å². The molecule has 1 aromatic carbocycles. The van der Waals surface area contributed by atoms with Gasteiger partial charge in [0.25, 0.3) is 0 Å². The number of benzene rings is 1. The van der Waals surface area contributed by atoms with Crippen LogP contribution in [0.25, 0.3) is 11.1 Å². The van der Waals surface area contributed by atoms with Gasteiger partial charge >= 0.3 is 0 Å². The normalized spacial score (nSPS) is 9.89. The Labute approximate surface area is 111 Å². The third-order valence-corrected chi connectivity index (χ3v) is 2.91. The maximum absolute atomic E-state index is 9.15. The van der Waals surface area contributed by atoms with Crippen molar-refractivity contribution < 1.29 is 4.74 Å². The van der Waals surface area contributed by atoms with Crippen LogP contribution in [0.15, 0.2) is 30.5 Å². The molecule has 0 radical (unpaired) electrons. The molecule has 0 spiro atoms. The van der Waals surface area contributed by atoms with Crippen molar-refractivity contribution in [3.63, 3.8) is 0 Å². The number of nitrogens with zero attached hydrogens (tertiary/aromatic N) is 2. The van der Waals surface area contributed by atoms with Gasteiger partial charge < -0.3 is 4.74 Å². The van der Waals surface area contributed by atoms with E-state index in [1.807, 2.05) is 13.0 Å². The van der Waals surface area contributed by atoms with Crippen molar-refractivity contribution in [2.24, 2.45) is 0 Å². The molecule has 1 heterocycles. The standard InChI is InChI=1S/C14H11ClN2O/c1-9-8-17-14(18-2)6-12(9)13-5-11(15)4-3-10(13)7-16/h3-6,8H,1-2H3. The van der Waals surface area contributed by atoms with Gasteiger partial charge in [0.15, 0.2) is 0 Å². The van der Waals surface area contributed by atoms with E-state index in [9.17, 15) is 0 Å². The first-order chi connectivity index (χ1) is 8.65. The van der Waals surface area contributed by atoms with Crippen LogP contribution in [0.4, 0.5) is 0 Å². The van der Waals surface area contributed by atoms with Gasteiger partial charge in [-0.25, -0.2) is 4.98 Å². The predicted molar refractivity (Wildman–Crippen MR) is 70.7 cm³/mol. The van der Waals surface area contributed by atoms with E-state index in [2.05, 4.69) is 11.1 Å². The van der Waals surface area contributed by atoms with Crippen LogP contribution >= 0.6 is 11.6 Å². The molecule has 0 aliphatic rings. The molecule has 0 atom stereocenters. The molecule has 2 rings (SSSR count). The fraction of sp³-hybridized carbons (Fsp3) is 0.143. The lowest BCUT2D eigenvalue weighted by molar-refractivity contribution is 0.398. The van der Waals surface area contributed by atoms with Crippen molar-refractivity contribution in [3.05, 3.63) is 46.6 Å². The number of rotatable bonds is 2. The molecule has 0 bridgehead atoms. The molecule has 0 aliphatic carbocycles. The van der Waals surface area contributed by atoms with Gasteiger partial charge in [-0.2, -0.15) is 5.26 Å². The van der Waals surface area contributed by atoms with Gasteiger partial charge in [-0.1, -0.05) is 11.6 Å². The second-order valence-electron chi connectivity index (χ2n) is 3.84. The van der Waals surface area contributed by atoms with Gasteiger partial charge in [-0.3, -0.25) is 0 Å². The first kappa shape index (κ1) is 12.4. The Kier molecular flexibility index (Phi) is 3.50. The summed E-state index contributed by atoms with van der Waals surface area (Å²) in [4.78, 5) is 4.12. The van der Waals surface area contributed by atoms with E-state index in [1.54, 1.807) is 31.5 Å². The molecule has 0 saturated carbocycles. The maximum Gasteiger partial charge on any atom is 0.213 e. The Morgan fingerprint density at radius 1 is 1.28 bits per heavy atom. The lowest BCUT2D eigenvalue weighted by Crippen LogP contribution is -1.93. The smallest absolute Gasteiger partial charge is 0.213 e. The van der Waals surface area contributed by atoms with E-state index in [1.165, 1.54) is 0 Å². The Hall–Kier alpha value is -2.05. The topological polar surface area (TPSA) is 45.9 Å². The Bertz CT molecular complexity index is 632. The highest BCUT2D eigenvalue weighted by Gasteiger charge is 2.10. The largest absolute Gasteiger partial charge is 0.481 e. The van der Waals surface area contributed by atoms with E-state index in [0.717, 1.165) is 16.7 Å². The molecule has 0 aliphatic heterocycles. The van der Waals surface area contributed by atoms with Crippen molar-refractivity contribution in [1.82, 2.24) is 4.98 Å². The number of hydrogen-bond donors (Lipinski definition) is 0. The zero-order valence-electron chi connectivity index (χ0n) is 10.1. The monoisotopic (exact) mass is 258 g/mol. The van der Waals surface area contributed by atoms with E-state index >= 15 is 0 Å². The van der Waals surface area contributed by atoms with Gasteiger partial charge in [0.1, 0.15) is 0 Å². The molecule has 0 fully saturated rings. The molecule has 1 aromatic heterocycles. The van der Waals surface area contributed by atoms with Crippen LogP contribution in [0.1, 0.15) is 11.1 Å². The minimum atomic E-state index is 0.513. The van der Waals surface area contributed by atoms with Crippen molar-refractivity contribution >= 4 is 11.6 Å². The molecule has 90 valence electrons. The first-order valence-corrected chi connectivity index (χ1v) is 5.74. The highest BCUT2D eigenvalue weighted by atomic mass is 35.5. The minimum Gasteiger partial charge on any atom is -0.481 e. The molecule has 4 heteroatoms. The average molecular weight is 259 g/mol. The number of aryl methyl sites for hydroxylation is 1. The van der Waals surface area contributed by atoms with Gasteiger partial charge in [-0.15, -0.1) is 0 Å². The Morgan fingerprint density at radius 3 is 2.72 bits per heavy atom. The number of halogens is 1. The number of nitriles is 1. The van der Waals surface area contributed by atoms with E-state index in [0.29, 0.717) is 16.5 Å². The molecular weight excluding hydrogens is 248 g/mol. The molecule has 2 aromatic rings. The summed E-state index contributed by atoms with van der Waals surface area (Å²) in [5.74, 6) is 0.513. The van der Waals surface area contributed by atoms with Crippen LogP contribution < -0.4 is 4.74 Å². The summed E-state index contributed by atoms with van der Waals surface area (Å²) in [6, 6.07) is 9.17. The summed E-state index contributed by atoms with van der Waals surface area (Å²) in [7, 11) is 1.56. The third-order valence-electron chi connectivity index (χ3n) is 2.68. The van der Waals surface area contributed by atoms with Gasteiger partial charge in [0.05, 0.1) is 18.7 Å². The molecule has 0 unspecified atom stereocenters. The van der Waals surface area contributed by atoms with E-state index < -0.39 is 0 Å². The second-order valence-corrected chi connectivity index (χ2v) is 4.28. The average Bonchev–Trinajstić information content (AvgIpc) is 2.39. The summed E-state index contributed by atoms with van der Waals surface area (Å²) in [5.41, 5.74) is 3.24. The van der Waals surface area contributed by atoms with Gasteiger partial charge in [0, 0.05) is 22.8 Å². The highest BCUT2D eigenvalue weighted by molar-refractivity contribution is 6.30. The summed E-state index contributed by atoms with van der Waals surface area (Å²) in [5, 5.41) is 9.74. The molecule has 0 N–H and O–H groups in total. The summed E-state index contributed by atoms with van der Waals surface area (Å²) >= 11 is 5.99. The van der Waals surface area contributed by atoms with Gasteiger partial charge in [-0.05, 0) is 36.2 Å². The number of aromatic nitrogens is 1. The fourth-order valence-corrected chi connectivity index (χ4v) is 1.92. The van der Waals surface area contributed by atoms with E-state index in [4.69, 9.17) is 21.6 Å². The number of methoxy groups -OCH3 is 1.